The SMILES string of the molecule is Cc1ccc(C(C)(C)CNC(=O)c2csc(CN)n2)cc1.Cl. The zero-order valence-corrected chi connectivity index (χ0v) is 14.7. The van der Waals surface area contributed by atoms with Crippen molar-refractivity contribution in [2.75, 3.05) is 6.54 Å². The van der Waals surface area contributed by atoms with Crippen molar-refractivity contribution in [1.82, 2.24) is 10.3 Å². The Morgan fingerprint density at radius 2 is 1.95 bits per heavy atom. The molecule has 2 aromatic rings. The van der Waals surface area contributed by atoms with Gasteiger partial charge in [-0.15, -0.1) is 23.7 Å². The van der Waals surface area contributed by atoms with E-state index in [1.807, 2.05) is 0 Å². The lowest BCUT2D eigenvalue weighted by molar-refractivity contribution is 0.0941. The quantitative estimate of drug-likeness (QED) is 0.879. The molecule has 1 aromatic carbocycles. The Hall–Kier alpha value is -1.43. The maximum absolute atomic E-state index is 12.1. The normalized spacial score (nSPS) is 10.9. The predicted molar refractivity (Wildman–Crippen MR) is 93.8 cm³/mol. The van der Waals surface area contributed by atoms with Crippen LogP contribution in [-0.4, -0.2) is 17.4 Å². The Kier molecular flexibility index (Phi) is 6.53. The van der Waals surface area contributed by atoms with Crippen molar-refractivity contribution in [1.29, 1.82) is 0 Å². The first kappa shape index (κ1) is 18.6. The number of benzene rings is 1. The smallest absolute Gasteiger partial charge is 0.270 e. The van der Waals surface area contributed by atoms with E-state index in [-0.39, 0.29) is 23.7 Å². The third-order valence-electron chi connectivity index (χ3n) is 3.48. The van der Waals surface area contributed by atoms with Gasteiger partial charge >= 0.3 is 0 Å². The molecule has 0 fully saturated rings. The van der Waals surface area contributed by atoms with Gasteiger partial charge in [-0.1, -0.05) is 43.7 Å². The highest BCUT2D eigenvalue weighted by Gasteiger charge is 2.22. The van der Waals surface area contributed by atoms with Gasteiger partial charge in [0.15, 0.2) is 0 Å². The molecule has 1 heterocycles. The van der Waals surface area contributed by atoms with Crippen LogP contribution in [-0.2, 0) is 12.0 Å². The molecule has 3 N–H and O–H groups in total. The van der Waals surface area contributed by atoms with Gasteiger partial charge in [0, 0.05) is 23.9 Å². The molecule has 0 unspecified atom stereocenters. The van der Waals surface area contributed by atoms with Gasteiger partial charge < -0.3 is 11.1 Å². The summed E-state index contributed by atoms with van der Waals surface area (Å²) in [5.41, 5.74) is 8.26. The van der Waals surface area contributed by atoms with E-state index < -0.39 is 0 Å². The van der Waals surface area contributed by atoms with E-state index >= 15 is 0 Å². The molecular formula is C16H22ClN3OS. The van der Waals surface area contributed by atoms with Gasteiger partial charge in [0.05, 0.1) is 0 Å². The maximum atomic E-state index is 12.1. The zero-order chi connectivity index (χ0) is 15.5. The standard InChI is InChI=1S/C16H21N3OS.ClH/c1-11-4-6-12(7-5-11)16(2,3)10-18-15(20)13-9-21-14(8-17)19-13;/h4-7,9H,8,10,17H2,1-3H3,(H,18,20);1H. The lowest BCUT2D eigenvalue weighted by Gasteiger charge is -2.25. The van der Waals surface area contributed by atoms with E-state index in [2.05, 4.69) is 55.3 Å². The average molecular weight is 340 g/mol. The number of aryl methyl sites for hydroxylation is 1. The van der Waals surface area contributed by atoms with Crippen LogP contribution >= 0.6 is 23.7 Å². The monoisotopic (exact) mass is 339 g/mol. The number of nitrogens with zero attached hydrogens (tertiary/aromatic N) is 1. The lowest BCUT2D eigenvalue weighted by atomic mass is 9.84. The second kappa shape index (κ2) is 7.72. The van der Waals surface area contributed by atoms with Crippen molar-refractivity contribution >= 4 is 29.7 Å². The van der Waals surface area contributed by atoms with E-state index in [0.717, 1.165) is 5.01 Å². The number of hydrogen-bond donors (Lipinski definition) is 2. The van der Waals surface area contributed by atoms with Crippen molar-refractivity contribution in [3.63, 3.8) is 0 Å². The van der Waals surface area contributed by atoms with Gasteiger partial charge in [-0.2, -0.15) is 0 Å². The molecule has 0 aliphatic heterocycles. The molecule has 6 heteroatoms. The van der Waals surface area contributed by atoms with Crippen LogP contribution in [0.1, 0.15) is 40.5 Å². The molecule has 1 amide bonds. The highest BCUT2D eigenvalue weighted by atomic mass is 35.5. The number of nitrogens with two attached hydrogens (primary N) is 1. The number of thiazole rings is 1. The summed E-state index contributed by atoms with van der Waals surface area (Å²) < 4.78 is 0. The third kappa shape index (κ3) is 4.53. The minimum atomic E-state index is -0.147. The Balaban J connectivity index is 0.00000242. The van der Waals surface area contributed by atoms with Crippen LogP contribution in [0.5, 0.6) is 0 Å². The molecule has 2 rings (SSSR count). The Bertz CT molecular complexity index is 623. The molecule has 0 saturated carbocycles. The molecule has 0 bridgehead atoms. The van der Waals surface area contributed by atoms with Crippen molar-refractivity contribution in [2.45, 2.75) is 32.7 Å². The number of rotatable bonds is 5. The second-order valence-corrected chi connectivity index (χ2v) is 6.71. The Morgan fingerprint density at radius 1 is 1.32 bits per heavy atom. The molecule has 0 aliphatic carbocycles. The summed E-state index contributed by atoms with van der Waals surface area (Å²) in [5, 5.41) is 5.48. The fraction of sp³-hybridized carbons (Fsp3) is 0.375. The van der Waals surface area contributed by atoms with Gasteiger partial charge in [0.25, 0.3) is 5.91 Å². The number of nitrogens with one attached hydrogen (secondary N) is 1. The third-order valence-corrected chi connectivity index (χ3v) is 4.35. The van der Waals surface area contributed by atoms with Gasteiger partial charge in [-0.3, -0.25) is 4.79 Å². The summed E-state index contributed by atoms with van der Waals surface area (Å²) in [4.78, 5) is 16.3. The molecule has 0 saturated heterocycles. The van der Waals surface area contributed by atoms with Crippen LogP contribution < -0.4 is 11.1 Å². The van der Waals surface area contributed by atoms with Gasteiger partial charge in [-0.05, 0) is 12.5 Å². The number of halogens is 1. The molecule has 4 nitrogen and oxygen atoms in total. The summed E-state index contributed by atoms with van der Waals surface area (Å²) in [6.07, 6.45) is 0. The summed E-state index contributed by atoms with van der Waals surface area (Å²) in [6.45, 7) is 7.22. The summed E-state index contributed by atoms with van der Waals surface area (Å²) >= 11 is 1.41. The number of amides is 1. The average Bonchev–Trinajstić information content (AvgIpc) is 2.94. The van der Waals surface area contributed by atoms with E-state index in [9.17, 15) is 4.79 Å². The highest BCUT2D eigenvalue weighted by molar-refractivity contribution is 7.09. The zero-order valence-electron chi connectivity index (χ0n) is 13.1. The molecule has 22 heavy (non-hydrogen) atoms. The number of carbonyl (C=O) groups excluding carboxylic acids is 1. The van der Waals surface area contributed by atoms with E-state index in [1.54, 1.807) is 5.38 Å². The van der Waals surface area contributed by atoms with Gasteiger partial charge in [-0.25, -0.2) is 4.98 Å². The minimum absolute atomic E-state index is 0. The Labute approximate surface area is 141 Å². The van der Waals surface area contributed by atoms with Crippen molar-refractivity contribution < 1.29 is 4.79 Å². The number of hydrogen-bond acceptors (Lipinski definition) is 4. The van der Waals surface area contributed by atoms with Crippen LogP contribution in [0, 0.1) is 6.92 Å². The first-order valence-electron chi connectivity index (χ1n) is 6.92. The second-order valence-electron chi connectivity index (χ2n) is 5.76. The van der Waals surface area contributed by atoms with Crippen LogP contribution in [0.4, 0.5) is 0 Å². The summed E-state index contributed by atoms with van der Waals surface area (Å²) in [7, 11) is 0. The van der Waals surface area contributed by atoms with Crippen molar-refractivity contribution in [3.05, 3.63) is 51.5 Å². The van der Waals surface area contributed by atoms with Crippen LogP contribution in [0.15, 0.2) is 29.6 Å². The molecule has 0 radical (unpaired) electrons. The van der Waals surface area contributed by atoms with E-state index in [0.29, 0.717) is 18.8 Å². The first-order chi connectivity index (χ1) is 9.92. The van der Waals surface area contributed by atoms with Crippen LogP contribution in [0.25, 0.3) is 0 Å². The predicted octanol–water partition coefficient (Wildman–Crippen LogP) is 3.04. The van der Waals surface area contributed by atoms with Crippen LogP contribution in [0.2, 0.25) is 0 Å². The first-order valence-corrected chi connectivity index (χ1v) is 7.80. The minimum Gasteiger partial charge on any atom is -0.350 e. The fourth-order valence-electron chi connectivity index (χ4n) is 2.01. The van der Waals surface area contributed by atoms with Gasteiger partial charge in [0.2, 0.25) is 0 Å². The maximum Gasteiger partial charge on any atom is 0.270 e. The number of aromatic nitrogens is 1. The molecule has 0 spiro atoms. The fourth-order valence-corrected chi connectivity index (χ4v) is 2.66. The molecule has 120 valence electrons. The van der Waals surface area contributed by atoms with Crippen molar-refractivity contribution in [2.24, 2.45) is 5.73 Å². The van der Waals surface area contributed by atoms with Gasteiger partial charge in [0.1, 0.15) is 10.7 Å². The van der Waals surface area contributed by atoms with E-state index in [4.69, 9.17) is 5.73 Å². The lowest BCUT2D eigenvalue weighted by Crippen LogP contribution is -2.36. The largest absolute Gasteiger partial charge is 0.350 e. The van der Waals surface area contributed by atoms with Crippen molar-refractivity contribution in [3.8, 4) is 0 Å². The Morgan fingerprint density at radius 3 is 2.50 bits per heavy atom. The summed E-state index contributed by atoms with van der Waals surface area (Å²) in [6, 6.07) is 8.40. The molecular weight excluding hydrogens is 318 g/mol. The summed E-state index contributed by atoms with van der Waals surface area (Å²) in [5.74, 6) is -0.147. The molecule has 0 atom stereocenters. The molecule has 1 aromatic heterocycles. The topological polar surface area (TPSA) is 68.0 Å². The van der Waals surface area contributed by atoms with Crippen LogP contribution in [0.3, 0.4) is 0 Å². The molecule has 0 aliphatic rings. The van der Waals surface area contributed by atoms with E-state index in [1.165, 1.54) is 22.5 Å². The number of carbonyl (C=O) groups is 1. The highest BCUT2D eigenvalue weighted by Crippen LogP contribution is 2.22.